The lowest BCUT2D eigenvalue weighted by atomic mass is 10.1. The number of carbonyl (C=O) groups is 1. The lowest BCUT2D eigenvalue weighted by molar-refractivity contribution is -0.120. The topological polar surface area (TPSA) is 67.3 Å². The molecule has 1 amide bonds. The molecule has 0 aliphatic carbocycles. The van der Waals surface area contributed by atoms with Crippen molar-refractivity contribution in [1.29, 1.82) is 0 Å². The van der Waals surface area contributed by atoms with Crippen molar-refractivity contribution in [3.8, 4) is 6.01 Å². The predicted molar refractivity (Wildman–Crippen MR) is 83.4 cm³/mol. The minimum absolute atomic E-state index is 0.0761. The third-order valence-electron chi connectivity index (χ3n) is 3.79. The van der Waals surface area contributed by atoms with Gasteiger partial charge in [-0.1, -0.05) is 24.6 Å². The Labute approximate surface area is 129 Å². The Morgan fingerprint density at radius 3 is 2.77 bits per heavy atom. The van der Waals surface area contributed by atoms with E-state index in [9.17, 15) is 4.79 Å². The van der Waals surface area contributed by atoms with Crippen LogP contribution in [-0.2, 0) is 11.2 Å². The Kier molecular flexibility index (Phi) is 4.48. The van der Waals surface area contributed by atoms with Crippen LogP contribution < -0.4 is 10.2 Å². The molecule has 3 rings (SSSR count). The summed E-state index contributed by atoms with van der Waals surface area (Å²) in [5, 5.41) is 5.41. The van der Waals surface area contributed by atoms with Crippen LogP contribution in [0, 0.1) is 0 Å². The maximum Gasteiger partial charge on any atom is 0.336 e. The van der Waals surface area contributed by atoms with Gasteiger partial charge in [0.2, 0.25) is 5.91 Å². The number of nitrogens with one attached hydrogen (secondary N) is 1. The van der Waals surface area contributed by atoms with Gasteiger partial charge in [-0.05, 0) is 18.9 Å². The standard InChI is InChI=1S/C16H20N4O2/c1-17-15(21)11-14-12-7-3-4-8-13(12)18-16(19-14)22-20-9-5-2-6-10-20/h3-4,7-8H,2,5-6,9-11H2,1H3,(H,17,21). The van der Waals surface area contributed by atoms with E-state index in [2.05, 4.69) is 15.3 Å². The van der Waals surface area contributed by atoms with Crippen molar-refractivity contribution >= 4 is 16.8 Å². The third kappa shape index (κ3) is 3.33. The number of piperidine rings is 1. The Hall–Kier alpha value is -2.21. The molecular formula is C16H20N4O2. The summed E-state index contributed by atoms with van der Waals surface area (Å²) in [5.41, 5.74) is 1.49. The number of hydroxylamine groups is 2. The Morgan fingerprint density at radius 2 is 2.00 bits per heavy atom. The molecular weight excluding hydrogens is 280 g/mol. The van der Waals surface area contributed by atoms with Crippen LogP contribution in [-0.4, -0.2) is 41.1 Å². The summed E-state index contributed by atoms with van der Waals surface area (Å²) in [6, 6.07) is 8.00. The van der Waals surface area contributed by atoms with Crippen LogP contribution in [0.2, 0.25) is 0 Å². The van der Waals surface area contributed by atoms with E-state index >= 15 is 0 Å². The molecule has 0 atom stereocenters. The molecule has 1 N–H and O–H groups in total. The SMILES string of the molecule is CNC(=O)Cc1nc(ON2CCCCC2)nc2ccccc12. The average Bonchev–Trinajstić information content (AvgIpc) is 2.55. The summed E-state index contributed by atoms with van der Waals surface area (Å²) in [7, 11) is 1.62. The molecule has 22 heavy (non-hydrogen) atoms. The van der Waals surface area contributed by atoms with Crippen molar-refractivity contribution in [1.82, 2.24) is 20.3 Å². The van der Waals surface area contributed by atoms with Crippen molar-refractivity contribution in [2.45, 2.75) is 25.7 Å². The Balaban J connectivity index is 1.91. The zero-order valence-corrected chi connectivity index (χ0v) is 12.7. The number of fused-ring (bicyclic) bond motifs is 1. The fourth-order valence-corrected chi connectivity index (χ4v) is 2.61. The van der Waals surface area contributed by atoms with E-state index in [1.165, 1.54) is 6.42 Å². The van der Waals surface area contributed by atoms with Crippen LogP contribution in [0.1, 0.15) is 25.0 Å². The molecule has 1 aromatic heterocycles. The van der Waals surface area contributed by atoms with Crippen LogP contribution >= 0.6 is 0 Å². The van der Waals surface area contributed by atoms with Crippen LogP contribution in [0.15, 0.2) is 24.3 Å². The summed E-state index contributed by atoms with van der Waals surface area (Å²) in [6.07, 6.45) is 3.70. The van der Waals surface area contributed by atoms with Gasteiger partial charge in [-0.3, -0.25) is 4.79 Å². The van der Waals surface area contributed by atoms with E-state index in [1.807, 2.05) is 29.3 Å². The first-order valence-corrected chi connectivity index (χ1v) is 7.65. The van der Waals surface area contributed by atoms with Gasteiger partial charge in [0.05, 0.1) is 17.6 Å². The first kappa shape index (κ1) is 14.7. The molecule has 2 heterocycles. The molecule has 2 aromatic rings. The fraction of sp³-hybridized carbons (Fsp3) is 0.438. The monoisotopic (exact) mass is 300 g/mol. The van der Waals surface area contributed by atoms with Crippen molar-refractivity contribution in [2.24, 2.45) is 0 Å². The number of aromatic nitrogens is 2. The Bertz CT molecular complexity index is 668. The number of carbonyl (C=O) groups excluding carboxylic acids is 1. The number of likely N-dealkylation sites (N-methyl/N-ethyl adjacent to an activating group) is 1. The summed E-state index contributed by atoms with van der Waals surface area (Å²) < 4.78 is 0. The molecule has 0 radical (unpaired) electrons. The quantitative estimate of drug-likeness (QED) is 0.931. The molecule has 0 spiro atoms. The maximum absolute atomic E-state index is 11.7. The highest BCUT2D eigenvalue weighted by Gasteiger charge is 2.16. The molecule has 1 aromatic carbocycles. The number of benzene rings is 1. The van der Waals surface area contributed by atoms with Gasteiger partial charge in [0.25, 0.3) is 0 Å². The number of rotatable bonds is 4. The molecule has 1 aliphatic rings. The summed E-state index contributed by atoms with van der Waals surface area (Å²) in [5.74, 6) is -0.0761. The van der Waals surface area contributed by atoms with E-state index in [0.717, 1.165) is 36.8 Å². The number of hydrogen-bond acceptors (Lipinski definition) is 5. The molecule has 116 valence electrons. The van der Waals surface area contributed by atoms with Gasteiger partial charge in [-0.15, -0.1) is 5.06 Å². The lowest BCUT2D eigenvalue weighted by Gasteiger charge is -2.24. The molecule has 1 fully saturated rings. The minimum atomic E-state index is -0.0761. The average molecular weight is 300 g/mol. The minimum Gasteiger partial charge on any atom is -0.365 e. The van der Waals surface area contributed by atoms with E-state index in [1.54, 1.807) is 7.05 Å². The van der Waals surface area contributed by atoms with Crippen molar-refractivity contribution in [3.63, 3.8) is 0 Å². The highest BCUT2D eigenvalue weighted by molar-refractivity contribution is 5.86. The summed E-state index contributed by atoms with van der Waals surface area (Å²) in [6.45, 7) is 1.78. The van der Waals surface area contributed by atoms with Crippen molar-refractivity contribution in [3.05, 3.63) is 30.0 Å². The molecule has 6 heteroatoms. The second kappa shape index (κ2) is 6.70. The van der Waals surface area contributed by atoms with Gasteiger partial charge in [0.1, 0.15) is 0 Å². The van der Waals surface area contributed by atoms with Crippen LogP contribution in [0.4, 0.5) is 0 Å². The maximum atomic E-state index is 11.7. The van der Waals surface area contributed by atoms with E-state index in [0.29, 0.717) is 11.7 Å². The van der Waals surface area contributed by atoms with E-state index < -0.39 is 0 Å². The molecule has 6 nitrogen and oxygen atoms in total. The molecule has 0 bridgehead atoms. The highest BCUT2D eigenvalue weighted by atomic mass is 16.7. The normalized spacial score (nSPS) is 15.7. The molecule has 0 saturated carbocycles. The molecule has 1 aliphatic heterocycles. The summed E-state index contributed by atoms with van der Waals surface area (Å²) in [4.78, 5) is 26.4. The number of amides is 1. The lowest BCUT2D eigenvalue weighted by Crippen LogP contribution is -2.33. The van der Waals surface area contributed by atoms with Gasteiger partial charge in [0, 0.05) is 25.5 Å². The Morgan fingerprint density at radius 1 is 1.23 bits per heavy atom. The third-order valence-corrected chi connectivity index (χ3v) is 3.79. The van der Waals surface area contributed by atoms with Crippen molar-refractivity contribution in [2.75, 3.05) is 20.1 Å². The van der Waals surface area contributed by atoms with Crippen LogP contribution in [0.3, 0.4) is 0 Å². The fourth-order valence-electron chi connectivity index (χ4n) is 2.61. The summed E-state index contributed by atoms with van der Waals surface area (Å²) >= 11 is 0. The van der Waals surface area contributed by atoms with Gasteiger partial charge < -0.3 is 10.2 Å². The first-order chi connectivity index (χ1) is 10.8. The number of para-hydroxylation sites is 1. The van der Waals surface area contributed by atoms with Crippen LogP contribution in [0.25, 0.3) is 10.9 Å². The van der Waals surface area contributed by atoms with Gasteiger partial charge in [0.15, 0.2) is 0 Å². The second-order valence-corrected chi connectivity index (χ2v) is 5.40. The zero-order chi connectivity index (χ0) is 15.4. The van der Waals surface area contributed by atoms with Gasteiger partial charge in [-0.2, -0.15) is 9.97 Å². The van der Waals surface area contributed by atoms with E-state index in [4.69, 9.17) is 4.84 Å². The largest absolute Gasteiger partial charge is 0.365 e. The van der Waals surface area contributed by atoms with Gasteiger partial charge >= 0.3 is 6.01 Å². The van der Waals surface area contributed by atoms with Crippen molar-refractivity contribution < 1.29 is 9.63 Å². The smallest absolute Gasteiger partial charge is 0.336 e. The number of nitrogens with zero attached hydrogens (tertiary/aromatic N) is 3. The van der Waals surface area contributed by atoms with Gasteiger partial charge in [-0.25, -0.2) is 0 Å². The van der Waals surface area contributed by atoms with Crippen LogP contribution in [0.5, 0.6) is 6.01 Å². The molecule has 1 saturated heterocycles. The van der Waals surface area contributed by atoms with E-state index in [-0.39, 0.29) is 12.3 Å². The molecule has 0 unspecified atom stereocenters. The zero-order valence-electron chi connectivity index (χ0n) is 12.7. The predicted octanol–water partition coefficient (Wildman–Crippen LogP) is 1.70. The second-order valence-electron chi connectivity index (χ2n) is 5.40. The number of hydrogen-bond donors (Lipinski definition) is 1. The first-order valence-electron chi connectivity index (χ1n) is 7.65. The highest BCUT2D eigenvalue weighted by Crippen LogP contribution is 2.20.